The summed E-state index contributed by atoms with van der Waals surface area (Å²) in [5, 5.41) is 0. The lowest BCUT2D eigenvalue weighted by atomic mass is 9.99. The summed E-state index contributed by atoms with van der Waals surface area (Å²) in [5.41, 5.74) is 1.27. The molecule has 0 aromatic heterocycles. The van der Waals surface area contributed by atoms with E-state index in [4.69, 9.17) is 4.74 Å². The van der Waals surface area contributed by atoms with E-state index in [-0.39, 0.29) is 0 Å². The zero-order valence-corrected chi connectivity index (χ0v) is 8.20. The Morgan fingerprint density at radius 1 is 1.62 bits per heavy atom. The van der Waals surface area contributed by atoms with Crippen molar-refractivity contribution in [2.24, 2.45) is 10.9 Å². The number of rotatable bonds is 3. The molecule has 0 unspecified atom stereocenters. The van der Waals surface area contributed by atoms with Gasteiger partial charge in [-0.3, -0.25) is 4.99 Å². The van der Waals surface area contributed by atoms with Gasteiger partial charge in [0.25, 0.3) is 0 Å². The lowest BCUT2D eigenvalue weighted by Crippen LogP contribution is -2.02. The van der Waals surface area contributed by atoms with Crippen LogP contribution in [0.4, 0.5) is 0 Å². The normalized spacial score (nSPS) is 32.5. The maximum atomic E-state index is 5.65. The van der Waals surface area contributed by atoms with Crippen LogP contribution in [0.15, 0.2) is 16.8 Å². The molecule has 2 aliphatic rings. The second-order valence-corrected chi connectivity index (χ2v) is 3.91. The molecule has 2 aliphatic heterocycles. The van der Waals surface area contributed by atoms with E-state index in [2.05, 4.69) is 18.0 Å². The molecule has 0 saturated carbocycles. The highest BCUT2D eigenvalue weighted by Gasteiger charge is 2.24. The summed E-state index contributed by atoms with van der Waals surface area (Å²) in [7, 11) is 0. The van der Waals surface area contributed by atoms with Crippen molar-refractivity contribution < 1.29 is 4.74 Å². The first-order chi connectivity index (χ1) is 6.38. The van der Waals surface area contributed by atoms with Gasteiger partial charge in [0, 0.05) is 18.3 Å². The van der Waals surface area contributed by atoms with Crippen LogP contribution in [0.3, 0.4) is 0 Å². The van der Waals surface area contributed by atoms with Crippen molar-refractivity contribution in [3.8, 4) is 0 Å². The van der Waals surface area contributed by atoms with Crippen LogP contribution in [0.2, 0.25) is 0 Å². The number of hydrogen-bond donors (Lipinski definition) is 0. The summed E-state index contributed by atoms with van der Waals surface area (Å²) < 4.78 is 5.65. The van der Waals surface area contributed by atoms with Gasteiger partial charge in [0.2, 0.25) is 0 Å². The van der Waals surface area contributed by atoms with Crippen molar-refractivity contribution in [1.82, 2.24) is 0 Å². The summed E-state index contributed by atoms with van der Waals surface area (Å²) in [6.07, 6.45) is 9.24. The minimum absolute atomic E-state index is 0.510. The van der Waals surface area contributed by atoms with Gasteiger partial charge in [0.1, 0.15) is 0 Å². The van der Waals surface area contributed by atoms with E-state index in [1.54, 1.807) is 0 Å². The monoisotopic (exact) mass is 179 g/mol. The van der Waals surface area contributed by atoms with Crippen LogP contribution in [0.1, 0.15) is 32.6 Å². The molecule has 2 atom stereocenters. The molecule has 0 spiro atoms. The highest BCUT2D eigenvalue weighted by atomic mass is 16.5. The van der Waals surface area contributed by atoms with Crippen LogP contribution >= 0.6 is 0 Å². The Labute approximate surface area is 79.7 Å². The predicted octanol–water partition coefficient (Wildman–Crippen LogP) is 2.55. The summed E-state index contributed by atoms with van der Waals surface area (Å²) in [4.78, 5) is 4.33. The van der Waals surface area contributed by atoms with E-state index in [9.17, 15) is 0 Å². The second kappa shape index (κ2) is 4.05. The van der Waals surface area contributed by atoms with Crippen molar-refractivity contribution >= 4 is 6.21 Å². The van der Waals surface area contributed by atoms with Crippen molar-refractivity contribution in [2.75, 3.05) is 6.61 Å². The topological polar surface area (TPSA) is 21.6 Å². The van der Waals surface area contributed by atoms with Crippen LogP contribution in [0, 0.1) is 5.92 Å². The van der Waals surface area contributed by atoms with Crippen molar-refractivity contribution in [2.45, 2.75) is 38.7 Å². The number of aliphatic imine (C=N–C) groups is 1. The van der Waals surface area contributed by atoms with Gasteiger partial charge in [-0.05, 0) is 25.2 Å². The standard InChI is InChI=1S/C11H17NO/c1-2-11-7-9(8-13-11)6-10-4-3-5-12-10/h4-5,9,11H,2-3,6-8H2,1H3/t9-,11+/m1/s1. The van der Waals surface area contributed by atoms with E-state index in [0.717, 1.165) is 25.9 Å². The molecule has 13 heavy (non-hydrogen) atoms. The van der Waals surface area contributed by atoms with E-state index in [1.165, 1.54) is 12.1 Å². The Morgan fingerprint density at radius 3 is 3.15 bits per heavy atom. The van der Waals surface area contributed by atoms with Crippen LogP contribution in [0.25, 0.3) is 0 Å². The van der Waals surface area contributed by atoms with Crippen LogP contribution in [-0.4, -0.2) is 18.9 Å². The van der Waals surface area contributed by atoms with Crippen LogP contribution in [0.5, 0.6) is 0 Å². The second-order valence-electron chi connectivity index (χ2n) is 3.91. The lowest BCUT2D eigenvalue weighted by molar-refractivity contribution is 0.104. The van der Waals surface area contributed by atoms with Crippen LogP contribution < -0.4 is 0 Å². The van der Waals surface area contributed by atoms with Gasteiger partial charge in [0.05, 0.1) is 12.7 Å². The first-order valence-corrected chi connectivity index (χ1v) is 5.21. The lowest BCUT2D eigenvalue weighted by Gasteiger charge is -2.06. The minimum Gasteiger partial charge on any atom is -0.378 e. The van der Waals surface area contributed by atoms with E-state index in [0.29, 0.717) is 12.0 Å². The first kappa shape index (κ1) is 8.95. The van der Waals surface area contributed by atoms with Gasteiger partial charge in [-0.25, -0.2) is 0 Å². The number of ether oxygens (including phenoxy) is 1. The van der Waals surface area contributed by atoms with Gasteiger partial charge in [-0.15, -0.1) is 0 Å². The zero-order chi connectivity index (χ0) is 9.10. The molecule has 0 aromatic carbocycles. The summed E-state index contributed by atoms with van der Waals surface area (Å²) >= 11 is 0. The van der Waals surface area contributed by atoms with Gasteiger partial charge in [-0.1, -0.05) is 13.0 Å². The molecule has 2 heteroatoms. The Morgan fingerprint density at radius 2 is 2.54 bits per heavy atom. The average molecular weight is 179 g/mol. The first-order valence-electron chi connectivity index (χ1n) is 5.21. The van der Waals surface area contributed by atoms with E-state index < -0.39 is 0 Å². The molecule has 1 saturated heterocycles. The third kappa shape index (κ3) is 2.19. The number of hydrogen-bond acceptors (Lipinski definition) is 2. The summed E-state index contributed by atoms with van der Waals surface area (Å²) in [6.45, 7) is 3.13. The fraction of sp³-hybridized carbons (Fsp3) is 0.727. The molecular weight excluding hydrogens is 162 g/mol. The van der Waals surface area contributed by atoms with Gasteiger partial charge in [-0.2, -0.15) is 0 Å². The highest BCUT2D eigenvalue weighted by Crippen LogP contribution is 2.28. The third-order valence-electron chi connectivity index (χ3n) is 2.83. The molecule has 2 nitrogen and oxygen atoms in total. The number of allylic oxidation sites excluding steroid dienone is 2. The maximum Gasteiger partial charge on any atom is 0.0576 e. The smallest absolute Gasteiger partial charge is 0.0576 e. The van der Waals surface area contributed by atoms with E-state index >= 15 is 0 Å². The van der Waals surface area contributed by atoms with Gasteiger partial charge < -0.3 is 4.74 Å². The molecule has 0 amide bonds. The highest BCUT2D eigenvalue weighted by molar-refractivity contribution is 5.64. The van der Waals surface area contributed by atoms with Gasteiger partial charge in [0.15, 0.2) is 0 Å². The average Bonchev–Trinajstić information content (AvgIpc) is 2.76. The fourth-order valence-corrected chi connectivity index (χ4v) is 2.05. The Kier molecular flexibility index (Phi) is 2.79. The molecule has 0 aliphatic carbocycles. The Hall–Kier alpha value is -0.630. The van der Waals surface area contributed by atoms with Gasteiger partial charge >= 0.3 is 0 Å². The molecule has 0 N–H and O–H groups in total. The molecular formula is C11H17NO. The SMILES string of the molecule is CC[C@H]1C[C@@H](CC2=CCC=N2)CO1. The van der Waals surface area contributed by atoms with Crippen molar-refractivity contribution in [1.29, 1.82) is 0 Å². The van der Waals surface area contributed by atoms with E-state index in [1.807, 2.05) is 6.21 Å². The molecule has 72 valence electrons. The zero-order valence-electron chi connectivity index (χ0n) is 8.20. The number of nitrogens with zero attached hydrogens (tertiary/aromatic N) is 1. The fourth-order valence-electron chi connectivity index (χ4n) is 2.05. The summed E-state index contributed by atoms with van der Waals surface area (Å²) in [5.74, 6) is 0.714. The molecule has 0 bridgehead atoms. The third-order valence-corrected chi connectivity index (χ3v) is 2.83. The molecule has 0 radical (unpaired) electrons. The Bertz CT molecular complexity index is 232. The molecule has 2 heterocycles. The molecule has 1 fully saturated rings. The quantitative estimate of drug-likeness (QED) is 0.652. The molecule has 0 aromatic rings. The minimum atomic E-state index is 0.510. The summed E-state index contributed by atoms with van der Waals surface area (Å²) in [6, 6.07) is 0. The predicted molar refractivity (Wildman–Crippen MR) is 53.9 cm³/mol. The Balaban J connectivity index is 1.80. The van der Waals surface area contributed by atoms with Crippen LogP contribution in [-0.2, 0) is 4.74 Å². The maximum absolute atomic E-state index is 5.65. The largest absolute Gasteiger partial charge is 0.378 e. The molecule has 2 rings (SSSR count). The van der Waals surface area contributed by atoms with Crippen molar-refractivity contribution in [3.05, 3.63) is 11.8 Å². The van der Waals surface area contributed by atoms with Crippen molar-refractivity contribution in [3.63, 3.8) is 0 Å².